The number of hydrogen-bond donors (Lipinski definition) is 0. The van der Waals surface area contributed by atoms with Crippen molar-refractivity contribution in [2.45, 2.75) is 5.16 Å². The van der Waals surface area contributed by atoms with Crippen LogP contribution in [0, 0.1) is 0 Å². The fraction of sp³-hybridized carbons (Fsp3) is 0.0588. The summed E-state index contributed by atoms with van der Waals surface area (Å²) in [6, 6.07) is 17.7. The summed E-state index contributed by atoms with van der Waals surface area (Å²) in [4.78, 5) is 0. The molecule has 22 heavy (non-hydrogen) atoms. The minimum atomic E-state index is 0.707. The van der Waals surface area contributed by atoms with Crippen LogP contribution in [0.4, 0.5) is 0 Å². The number of thioether (sulfide) groups is 1. The summed E-state index contributed by atoms with van der Waals surface area (Å²) in [5.41, 5.74) is 2.01. The van der Waals surface area contributed by atoms with Crippen molar-refractivity contribution < 1.29 is 0 Å². The van der Waals surface area contributed by atoms with Crippen molar-refractivity contribution in [3.8, 4) is 17.1 Å². The fourth-order valence-corrected chi connectivity index (χ4v) is 2.91. The number of rotatable bonds is 5. The number of benzene rings is 2. The van der Waals surface area contributed by atoms with E-state index in [1.807, 2.05) is 65.2 Å². The molecule has 0 aliphatic carbocycles. The van der Waals surface area contributed by atoms with Crippen molar-refractivity contribution in [3.05, 3.63) is 72.3 Å². The molecular formula is C17H14ClN3S. The minimum absolute atomic E-state index is 0.707. The molecule has 2 aromatic carbocycles. The topological polar surface area (TPSA) is 30.7 Å². The van der Waals surface area contributed by atoms with Crippen molar-refractivity contribution in [3.63, 3.8) is 0 Å². The molecule has 0 saturated carbocycles. The predicted octanol–water partition coefficient (Wildman–Crippen LogP) is 4.87. The van der Waals surface area contributed by atoms with Crippen molar-refractivity contribution in [2.75, 3.05) is 5.75 Å². The average molecular weight is 328 g/mol. The first-order valence-electron chi connectivity index (χ1n) is 6.80. The lowest BCUT2D eigenvalue weighted by molar-refractivity contribution is 0.888. The standard InChI is InChI=1S/C17H14ClN3S/c1-2-12-22-17-20-19-16(13-6-4-3-5-7-13)21(17)15-10-8-14(18)9-11-15/h2-11H,1,12H2. The van der Waals surface area contributed by atoms with Gasteiger partial charge in [-0.25, -0.2) is 0 Å². The summed E-state index contributed by atoms with van der Waals surface area (Å²) in [6.07, 6.45) is 1.85. The fourth-order valence-electron chi connectivity index (χ4n) is 2.09. The van der Waals surface area contributed by atoms with E-state index in [2.05, 4.69) is 16.8 Å². The van der Waals surface area contributed by atoms with Gasteiger partial charge in [-0.1, -0.05) is 59.8 Å². The van der Waals surface area contributed by atoms with Gasteiger partial charge in [0.15, 0.2) is 11.0 Å². The van der Waals surface area contributed by atoms with E-state index in [0.29, 0.717) is 5.02 Å². The molecule has 0 bridgehead atoms. The highest BCUT2D eigenvalue weighted by molar-refractivity contribution is 7.99. The van der Waals surface area contributed by atoms with Gasteiger partial charge < -0.3 is 0 Å². The molecule has 0 atom stereocenters. The van der Waals surface area contributed by atoms with Crippen LogP contribution in [-0.4, -0.2) is 20.5 Å². The van der Waals surface area contributed by atoms with Gasteiger partial charge in [-0.05, 0) is 24.3 Å². The molecule has 3 aromatic rings. The van der Waals surface area contributed by atoms with Gasteiger partial charge in [0.05, 0.1) is 0 Å². The largest absolute Gasteiger partial charge is 0.270 e. The Morgan fingerprint density at radius 1 is 1.05 bits per heavy atom. The molecule has 0 spiro atoms. The molecule has 0 unspecified atom stereocenters. The monoisotopic (exact) mass is 327 g/mol. The Labute approximate surface area is 138 Å². The first-order valence-corrected chi connectivity index (χ1v) is 8.16. The molecular weight excluding hydrogens is 314 g/mol. The molecule has 0 amide bonds. The summed E-state index contributed by atoms with van der Waals surface area (Å²) < 4.78 is 2.04. The highest BCUT2D eigenvalue weighted by Gasteiger charge is 2.15. The van der Waals surface area contributed by atoms with Crippen LogP contribution < -0.4 is 0 Å². The molecule has 0 radical (unpaired) electrons. The van der Waals surface area contributed by atoms with Gasteiger partial charge in [0.25, 0.3) is 0 Å². The molecule has 110 valence electrons. The molecule has 0 aliphatic heterocycles. The number of hydrogen-bond acceptors (Lipinski definition) is 3. The third-order valence-corrected chi connectivity index (χ3v) is 4.26. The Hall–Kier alpha value is -2.04. The van der Waals surface area contributed by atoms with E-state index < -0.39 is 0 Å². The second-order valence-corrected chi connectivity index (χ2v) is 6.01. The smallest absolute Gasteiger partial charge is 0.196 e. The zero-order valence-electron chi connectivity index (χ0n) is 11.8. The van der Waals surface area contributed by atoms with Gasteiger partial charge in [-0.15, -0.1) is 16.8 Å². The third-order valence-electron chi connectivity index (χ3n) is 3.08. The maximum Gasteiger partial charge on any atom is 0.196 e. The quantitative estimate of drug-likeness (QED) is 0.495. The zero-order chi connectivity index (χ0) is 15.4. The average Bonchev–Trinajstić information content (AvgIpc) is 2.98. The second kappa shape index (κ2) is 6.81. The minimum Gasteiger partial charge on any atom is -0.270 e. The van der Waals surface area contributed by atoms with Crippen LogP contribution in [0.1, 0.15) is 0 Å². The van der Waals surface area contributed by atoms with E-state index in [1.54, 1.807) is 11.8 Å². The highest BCUT2D eigenvalue weighted by atomic mass is 35.5. The van der Waals surface area contributed by atoms with E-state index in [9.17, 15) is 0 Å². The van der Waals surface area contributed by atoms with Crippen molar-refractivity contribution in [2.24, 2.45) is 0 Å². The van der Waals surface area contributed by atoms with Gasteiger partial charge >= 0.3 is 0 Å². The first-order chi connectivity index (χ1) is 10.8. The van der Waals surface area contributed by atoms with E-state index in [-0.39, 0.29) is 0 Å². The lowest BCUT2D eigenvalue weighted by Gasteiger charge is -2.10. The van der Waals surface area contributed by atoms with Gasteiger partial charge in [0.1, 0.15) is 0 Å². The molecule has 0 N–H and O–H groups in total. The first kappa shape index (κ1) is 14.9. The molecule has 5 heteroatoms. The van der Waals surface area contributed by atoms with Crippen molar-refractivity contribution >= 4 is 23.4 Å². The predicted molar refractivity (Wildman–Crippen MR) is 92.7 cm³/mol. The van der Waals surface area contributed by atoms with Gasteiger partial charge in [-0.2, -0.15) is 0 Å². The molecule has 0 fully saturated rings. The maximum absolute atomic E-state index is 5.99. The maximum atomic E-state index is 5.99. The third kappa shape index (κ3) is 3.08. The molecule has 1 aromatic heterocycles. The van der Waals surface area contributed by atoms with Gasteiger partial charge in [0.2, 0.25) is 0 Å². The molecule has 0 aliphatic rings. The van der Waals surface area contributed by atoms with Crippen LogP contribution in [0.5, 0.6) is 0 Å². The van der Waals surface area contributed by atoms with E-state index in [4.69, 9.17) is 11.6 Å². The summed E-state index contributed by atoms with van der Waals surface area (Å²) >= 11 is 7.59. The Bertz CT molecular complexity index is 766. The van der Waals surface area contributed by atoms with Crippen LogP contribution >= 0.6 is 23.4 Å². The zero-order valence-corrected chi connectivity index (χ0v) is 13.4. The molecule has 3 rings (SSSR count). The summed E-state index contributed by atoms with van der Waals surface area (Å²) in [6.45, 7) is 3.76. The second-order valence-electron chi connectivity index (χ2n) is 4.58. The number of nitrogens with zero attached hydrogens (tertiary/aromatic N) is 3. The van der Waals surface area contributed by atoms with Crippen LogP contribution in [0.2, 0.25) is 5.02 Å². The van der Waals surface area contributed by atoms with Crippen LogP contribution in [-0.2, 0) is 0 Å². The Kier molecular flexibility index (Phi) is 4.61. The van der Waals surface area contributed by atoms with Gasteiger partial charge in [0, 0.05) is 22.0 Å². The van der Waals surface area contributed by atoms with E-state index >= 15 is 0 Å². The Morgan fingerprint density at radius 3 is 2.45 bits per heavy atom. The molecule has 3 nitrogen and oxygen atoms in total. The van der Waals surface area contributed by atoms with Crippen LogP contribution in [0.25, 0.3) is 17.1 Å². The normalized spacial score (nSPS) is 10.6. The number of halogens is 1. The van der Waals surface area contributed by atoms with E-state index in [1.165, 1.54) is 0 Å². The highest BCUT2D eigenvalue weighted by Crippen LogP contribution is 2.28. The lowest BCUT2D eigenvalue weighted by atomic mass is 10.2. The lowest BCUT2D eigenvalue weighted by Crippen LogP contribution is -1.99. The van der Waals surface area contributed by atoms with E-state index in [0.717, 1.165) is 28.0 Å². The Morgan fingerprint density at radius 2 is 1.77 bits per heavy atom. The number of aromatic nitrogens is 3. The summed E-state index contributed by atoms with van der Waals surface area (Å²) in [7, 11) is 0. The summed E-state index contributed by atoms with van der Waals surface area (Å²) in [5, 5.41) is 10.2. The Balaban J connectivity index is 2.13. The van der Waals surface area contributed by atoms with Crippen molar-refractivity contribution in [1.82, 2.24) is 14.8 Å². The van der Waals surface area contributed by atoms with Crippen LogP contribution in [0.15, 0.2) is 72.4 Å². The molecule has 0 saturated heterocycles. The summed E-state index contributed by atoms with van der Waals surface area (Å²) in [5.74, 6) is 1.59. The van der Waals surface area contributed by atoms with Crippen LogP contribution in [0.3, 0.4) is 0 Å². The SMILES string of the molecule is C=CCSc1nnc(-c2ccccc2)n1-c1ccc(Cl)cc1. The van der Waals surface area contributed by atoms with Gasteiger partial charge in [-0.3, -0.25) is 4.57 Å². The van der Waals surface area contributed by atoms with Crippen molar-refractivity contribution in [1.29, 1.82) is 0 Å². The molecule has 1 heterocycles.